The minimum absolute atomic E-state index is 0.163. The Labute approximate surface area is 156 Å². The number of hydrogen-bond donors (Lipinski definition) is 3. The second kappa shape index (κ2) is 8.66. The van der Waals surface area contributed by atoms with Crippen LogP contribution in [0.15, 0.2) is 23.0 Å². The van der Waals surface area contributed by atoms with Crippen molar-refractivity contribution in [2.45, 2.75) is 32.7 Å². The van der Waals surface area contributed by atoms with Crippen LogP contribution in [-0.2, 0) is 11.2 Å². The minimum atomic E-state index is -0.270. The van der Waals surface area contributed by atoms with Crippen molar-refractivity contribution in [1.82, 2.24) is 15.3 Å². The molecule has 0 saturated carbocycles. The third-order valence-electron chi connectivity index (χ3n) is 4.14. The van der Waals surface area contributed by atoms with Crippen LogP contribution in [0.3, 0.4) is 0 Å². The maximum Gasteiger partial charge on any atom is 0.255 e. The number of rotatable bonds is 7. The van der Waals surface area contributed by atoms with Crippen molar-refractivity contribution in [3.05, 3.63) is 50.1 Å². The number of ether oxygens (including phenoxy) is 2. The van der Waals surface area contributed by atoms with Gasteiger partial charge in [0.05, 0.1) is 20.3 Å². The molecule has 0 saturated heterocycles. The second-order valence-electron chi connectivity index (χ2n) is 5.91. The maximum absolute atomic E-state index is 12.3. The van der Waals surface area contributed by atoms with Crippen LogP contribution < -0.4 is 20.3 Å². The number of H-pyrrole nitrogens is 2. The molecule has 1 aromatic carbocycles. The van der Waals surface area contributed by atoms with Crippen molar-refractivity contribution >= 4 is 18.1 Å². The SMILES string of the molecule is COc1ccc(OC)c(C(C)NC(=O)CCc2c(C)[nH]c(=S)[nH]c2=O)c1. The molecule has 0 aliphatic rings. The van der Waals surface area contributed by atoms with Gasteiger partial charge in [0.1, 0.15) is 11.5 Å². The highest BCUT2D eigenvalue weighted by Crippen LogP contribution is 2.29. The van der Waals surface area contributed by atoms with Gasteiger partial charge in [0.15, 0.2) is 4.77 Å². The zero-order valence-electron chi connectivity index (χ0n) is 15.3. The Morgan fingerprint density at radius 1 is 1.27 bits per heavy atom. The average molecular weight is 377 g/mol. The topological polar surface area (TPSA) is 96.2 Å². The molecule has 1 unspecified atom stereocenters. The number of methoxy groups -OCH3 is 2. The first-order valence-corrected chi connectivity index (χ1v) is 8.60. The Morgan fingerprint density at radius 3 is 2.62 bits per heavy atom. The molecule has 3 N–H and O–H groups in total. The van der Waals surface area contributed by atoms with E-state index in [1.807, 2.05) is 13.0 Å². The van der Waals surface area contributed by atoms with Crippen molar-refractivity contribution < 1.29 is 14.3 Å². The molecule has 0 spiro atoms. The van der Waals surface area contributed by atoms with E-state index in [2.05, 4.69) is 15.3 Å². The molecule has 2 aromatic rings. The standard InChI is InChI=1S/C18H23N3O4S/c1-10-13(17(23)21-18(26)20-10)6-8-16(22)19-11(2)14-9-12(24-3)5-7-15(14)25-4/h5,7,9,11H,6,8H2,1-4H3,(H,19,22)(H2,20,21,23,26). The van der Waals surface area contributed by atoms with Gasteiger partial charge < -0.3 is 19.8 Å². The number of carbonyl (C=O) groups is 1. The minimum Gasteiger partial charge on any atom is -0.497 e. The second-order valence-corrected chi connectivity index (χ2v) is 6.32. The van der Waals surface area contributed by atoms with Gasteiger partial charge in [0, 0.05) is 23.2 Å². The molecule has 1 atom stereocenters. The Kier molecular flexibility index (Phi) is 6.57. The first kappa shape index (κ1) is 19.7. The van der Waals surface area contributed by atoms with E-state index < -0.39 is 0 Å². The van der Waals surface area contributed by atoms with Gasteiger partial charge in [-0.3, -0.25) is 14.6 Å². The number of hydrogen-bond acceptors (Lipinski definition) is 5. The summed E-state index contributed by atoms with van der Waals surface area (Å²) < 4.78 is 10.9. The van der Waals surface area contributed by atoms with Gasteiger partial charge >= 0.3 is 0 Å². The van der Waals surface area contributed by atoms with Crippen molar-refractivity contribution in [2.75, 3.05) is 14.2 Å². The van der Waals surface area contributed by atoms with Crippen LogP contribution in [0.2, 0.25) is 0 Å². The summed E-state index contributed by atoms with van der Waals surface area (Å²) in [6.45, 7) is 3.63. The van der Waals surface area contributed by atoms with Gasteiger partial charge in [0.25, 0.3) is 5.56 Å². The first-order valence-electron chi connectivity index (χ1n) is 8.19. The number of amides is 1. The number of benzene rings is 1. The Bertz CT molecular complexity index is 904. The molecule has 1 amide bonds. The van der Waals surface area contributed by atoms with Crippen LogP contribution in [0.4, 0.5) is 0 Å². The van der Waals surface area contributed by atoms with Gasteiger partial charge in [-0.1, -0.05) is 0 Å². The highest BCUT2D eigenvalue weighted by molar-refractivity contribution is 7.71. The summed E-state index contributed by atoms with van der Waals surface area (Å²) in [5.74, 6) is 1.19. The molecule has 1 heterocycles. The van der Waals surface area contributed by atoms with Crippen LogP contribution in [0.1, 0.15) is 36.2 Å². The van der Waals surface area contributed by atoms with E-state index in [1.54, 1.807) is 33.3 Å². The molecule has 0 aliphatic heterocycles. The van der Waals surface area contributed by atoms with Crippen molar-refractivity contribution in [2.24, 2.45) is 0 Å². The Hall–Kier alpha value is -2.61. The summed E-state index contributed by atoms with van der Waals surface area (Å²) >= 11 is 4.93. The van der Waals surface area contributed by atoms with Gasteiger partial charge in [-0.2, -0.15) is 0 Å². The van der Waals surface area contributed by atoms with Crippen LogP contribution in [0.25, 0.3) is 0 Å². The molecule has 7 nitrogen and oxygen atoms in total. The normalized spacial score (nSPS) is 11.7. The van der Waals surface area contributed by atoms with E-state index in [-0.39, 0.29) is 28.7 Å². The summed E-state index contributed by atoms with van der Waals surface area (Å²) in [5, 5.41) is 2.93. The molecule has 0 bridgehead atoms. The van der Waals surface area contributed by atoms with Gasteiger partial charge in [-0.05, 0) is 50.7 Å². The number of nitrogens with one attached hydrogen (secondary N) is 3. The van der Waals surface area contributed by atoms with Gasteiger partial charge in [0.2, 0.25) is 5.91 Å². The third-order valence-corrected chi connectivity index (χ3v) is 4.34. The molecule has 26 heavy (non-hydrogen) atoms. The lowest BCUT2D eigenvalue weighted by atomic mass is 10.1. The fourth-order valence-electron chi connectivity index (χ4n) is 2.73. The van der Waals surface area contributed by atoms with Gasteiger partial charge in [-0.25, -0.2) is 0 Å². The van der Waals surface area contributed by atoms with E-state index in [0.717, 1.165) is 5.56 Å². The van der Waals surface area contributed by atoms with Crippen molar-refractivity contribution in [3.63, 3.8) is 0 Å². The highest BCUT2D eigenvalue weighted by atomic mass is 32.1. The number of aromatic amines is 2. The molecule has 0 fully saturated rings. The summed E-state index contributed by atoms with van der Waals surface area (Å²) in [6.07, 6.45) is 0.506. The molecule has 0 aliphatic carbocycles. The van der Waals surface area contributed by atoms with E-state index in [0.29, 0.717) is 29.2 Å². The van der Waals surface area contributed by atoms with Crippen LogP contribution in [0.5, 0.6) is 11.5 Å². The average Bonchev–Trinajstić information content (AvgIpc) is 2.60. The van der Waals surface area contributed by atoms with Crippen LogP contribution >= 0.6 is 12.2 Å². The quantitative estimate of drug-likeness (QED) is 0.645. The first-order chi connectivity index (χ1) is 12.3. The lowest BCUT2D eigenvalue weighted by Gasteiger charge is -2.18. The van der Waals surface area contributed by atoms with Crippen molar-refractivity contribution in [1.29, 1.82) is 0 Å². The van der Waals surface area contributed by atoms with Crippen molar-refractivity contribution in [3.8, 4) is 11.5 Å². The fraction of sp³-hybridized carbons (Fsp3) is 0.389. The monoisotopic (exact) mass is 377 g/mol. The lowest BCUT2D eigenvalue weighted by Crippen LogP contribution is -2.28. The van der Waals surface area contributed by atoms with E-state index in [1.165, 1.54) is 0 Å². The zero-order chi connectivity index (χ0) is 19.3. The molecular formula is C18H23N3O4S. The third kappa shape index (κ3) is 4.72. The van der Waals surface area contributed by atoms with Crippen LogP contribution in [-0.4, -0.2) is 30.1 Å². The Balaban J connectivity index is 2.06. The number of aromatic nitrogens is 2. The summed E-state index contributed by atoms with van der Waals surface area (Å²) in [5.41, 5.74) is 1.76. The molecule has 0 radical (unpaired) electrons. The predicted molar refractivity (Wildman–Crippen MR) is 101 cm³/mol. The zero-order valence-corrected chi connectivity index (χ0v) is 16.1. The number of carbonyl (C=O) groups excluding carboxylic acids is 1. The fourth-order valence-corrected chi connectivity index (χ4v) is 2.98. The van der Waals surface area contributed by atoms with E-state index >= 15 is 0 Å². The van der Waals surface area contributed by atoms with E-state index in [9.17, 15) is 9.59 Å². The lowest BCUT2D eigenvalue weighted by molar-refractivity contribution is -0.121. The van der Waals surface area contributed by atoms with Gasteiger partial charge in [-0.15, -0.1) is 0 Å². The smallest absolute Gasteiger partial charge is 0.255 e. The Morgan fingerprint density at radius 2 is 2.00 bits per heavy atom. The molecule has 8 heteroatoms. The molecule has 2 rings (SSSR count). The summed E-state index contributed by atoms with van der Waals surface area (Å²) in [6, 6.07) is 5.15. The molecular weight excluding hydrogens is 354 g/mol. The molecule has 1 aromatic heterocycles. The predicted octanol–water partition coefficient (Wildman–Crippen LogP) is 2.57. The highest BCUT2D eigenvalue weighted by Gasteiger charge is 2.16. The molecule has 140 valence electrons. The maximum atomic E-state index is 12.3. The largest absolute Gasteiger partial charge is 0.497 e. The van der Waals surface area contributed by atoms with E-state index in [4.69, 9.17) is 21.7 Å². The number of aryl methyl sites for hydroxylation is 1. The summed E-state index contributed by atoms with van der Waals surface area (Å²) in [7, 11) is 3.16. The van der Waals surface area contributed by atoms with Crippen LogP contribution in [0, 0.1) is 11.7 Å². The summed E-state index contributed by atoms with van der Waals surface area (Å²) in [4.78, 5) is 29.7.